The third-order valence-corrected chi connectivity index (χ3v) is 4.13. The van der Waals surface area contributed by atoms with Gasteiger partial charge in [-0.05, 0) is 45.9 Å². The number of hydrogen-bond acceptors (Lipinski definition) is 4. The first-order valence-corrected chi connectivity index (χ1v) is 8.44. The van der Waals surface area contributed by atoms with Gasteiger partial charge in [-0.25, -0.2) is 14.4 Å². The van der Waals surface area contributed by atoms with Crippen molar-refractivity contribution >= 4 is 31.1 Å². The smallest absolute Gasteiger partial charge is 0.308 e. The molecule has 0 spiro atoms. The fourth-order valence-electron chi connectivity index (χ4n) is 1.48. The lowest BCUT2D eigenvalue weighted by molar-refractivity contribution is 0.137. The number of benzene rings is 1. The van der Waals surface area contributed by atoms with E-state index in [0.717, 1.165) is 0 Å². The number of carbonyl (C=O) groups is 1. The summed E-state index contributed by atoms with van der Waals surface area (Å²) in [5.41, 5.74) is 0.473. The molecule has 0 radical (unpaired) electrons. The zero-order chi connectivity index (χ0) is 16.0. The van der Waals surface area contributed by atoms with Crippen LogP contribution >= 0.6 is 19.3 Å². The summed E-state index contributed by atoms with van der Waals surface area (Å²) in [5, 5.41) is 5.24. The third kappa shape index (κ3) is 6.96. The molecule has 0 aliphatic rings. The van der Waals surface area contributed by atoms with Crippen molar-refractivity contribution in [1.29, 1.82) is 0 Å². The summed E-state index contributed by atoms with van der Waals surface area (Å²) in [7, 11) is -3.73. The molecular formula is C13H20ClN2O4P. The molecule has 0 aliphatic heterocycles. The second kappa shape index (κ2) is 7.80. The van der Waals surface area contributed by atoms with Crippen molar-refractivity contribution in [3.63, 3.8) is 0 Å². The van der Waals surface area contributed by atoms with Crippen LogP contribution in [0.25, 0.3) is 0 Å². The van der Waals surface area contributed by atoms with E-state index in [-0.39, 0.29) is 12.2 Å². The van der Waals surface area contributed by atoms with Gasteiger partial charge in [0.1, 0.15) is 0 Å². The first-order valence-electron chi connectivity index (χ1n) is 6.52. The van der Waals surface area contributed by atoms with E-state index in [9.17, 15) is 9.36 Å². The molecular weight excluding hydrogens is 315 g/mol. The van der Waals surface area contributed by atoms with Gasteiger partial charge in [-0.1, -0.05) is 17.7 Å². The van der Waals surface area contributed by atoms with Crippen molar-refractivity contribution in [2.24, 2.45) is 0 Å². The molecule has 0 bridgehead atoms. The van der Waals surface area contributed by atoms with Crippen molar-refractivity contribution in [2.45, 2.75) is 39.9 Å². The Bertz CT molecular complexity index is 523. The Kier molecular flexibility index (Phi) is 6.68. The van der Waals surface area contributed by atoms with Crippen LogP contribution in [-0.4, -0.2) is 18.2 Å². The van der Waals surface area contributed by atoms with Crippen molar-refractivity contribution < 1.29 is 18.4 Å². The predicted octanol–water partition coefficient (Wildman–Crippen LogP) is 4.42. The average Bonchev–Trinajstić information content (AvgIpc) is 2.24. The molecule has 2 N–H and O–H groups in total. The molecule has 0 unspecified atom stereocenters. The molecule has 6 nitrogen and oxygen atoms in total. The van der Waals surface area contributed by atoms with Gasteiger partial charge in [0.05, 0.1) is 12.2 Å². The van der Waals surface area contributed by atoms with Gasteiger partial charge in [0, 0.05) is 10.7 Å². The van der Waals surface area contributed by atoms with Gasteiger partial charge < -0.3 is 5.32 Å². The van der Waals surface area contributed by atoms with Crippen LogP contribution in [0.4, 0.5) is 10.5 Å². The van der Waals surface area contributed by atoms with E-state index >= 15 is 0 Å². The van der Waals surface area contributed by atoms with Gasteiger partial charge in [-0.2, -0.15) is 0 Å². The van der Waals surface area contributed by atoms with E-state index in [4.69, 9.17) is 20.6 Å². The monoisotopic (exact) mass is 334 g/mol. The first-order chi connectivity index (χ1) is 9.70. The molecule has 8 heteroatoms. The van der Waals surface area contributed by atoms with Gasteiger partial charge in [0.25, 0.3) is 0 Å². The molecule has 0 fully saturated rings. The number of urea groups is 1. The second-order valence-corrected chi connectivity index (χ2v) is 6.96. The lowest BCUT2D eigenvalue weighted by Gasteiger charge is -2.22. The zero-order valence-electron chi connectivity index (χ0n) is 12.4. The number of hydrogen-bond donors (Lipinski definition) is 2. The van der Waals surface area contributed by atoms with Crippen molar-refractivity contribution in [1.82, 2.24) is 5.09 Å². The summed E-state index contributed by atoms with van der Waals surface area (Å²) < 4.78 is 22.9. The highest BCUT2D eigenvalue weighted by atomic mass is 35.5. The molecule has 0 aliphatic carbocycles. The van der Waals surface area contributed by atoms with Gasteiger partial charge in [0.15, 0.2) is 0 Å². The standard InChI is InChI=1S/C13H20ClN2O4P/c1-9(2)19-21(18,20-10(3)4)16-13(17)15-12-7-5-6-11(14)8-12/h5-10H,1-4H3,(H2,15,16,17,18). The predicted molar refractivity (Wildman–Crippen MR) is 83.7 cm³/mol. The zero-order valence-corrected chi connectivity index (χ0v) is 14.1. The molecule has 1 aromatic carbocycles. The topological polar surface area (TPSA) is 76.7 Å². The van der Waals surface area contributed by atoms with Crippen molar-refractivity contribution in [3.8, 4) is 0 Å². The van der Waals surface area contributed by atoms with E-state index < -0.39 is 13.8 Å². The van der Waals surface area contributed by atoms with Gasteiger partial charge in [-0.3, -0.25) is 9.05 Å². The fourth-order valence-corrected chi connectivity index (χ4v) is 3.24. The molecule has 21 heavy (non-hydrogen) atoms. The molecule has 0 saturated heterocycles. The SMILES string of the molecule is CC(C)OP(=O)(NC(=O)Nc1cccc(Cl)c1)OC(C)C. The summed E-state index contributed by atoms with van der Waals surface area (Å²) in [4.78, 5) is 11.9. The quantitative estimate of drug-likeness (QED) is 0.755. The molecule has 0 aromatic heterocycles. The van der Waals surface area contributed by atoms with Crippen LogP contribution in [0, 0.1) is 0 Å². The van der Waals surface area contributed by atoms with E-state index in [1.54, 1.807) is 52.0 Å². The second-order valence-electron chi connectivity index (χ2n) is 4.88. The summed E-state index contributed by atoms with van der Waals surface area (Å²) in [6, 6.07) is 5.90. The van der Waals surface area contributed by atoms with E-state index in [1.807, 2.05) is 0 Å². The minimum Gasteiger partial charge on any atom is -0.308 e. The molecule has 1 aromatic rings. The summed E-state index contributed by atoms with van der Waals surface area (Å²) in [6.07, 6.45) is -0.720. The number of anilines is 1. The van der Waals surface area contributed by atoms with Crippen LogP contribution in [0.5, 0.6) is 0 Å². The summed E-state index contributed by atoms with van der Waals surface area (Å²) >= 11 is 5.82. The van der Waals surface area contributed by atoms with Crippen LogP contribution in [0.1, 0.15) is 27.7 Å². The van der Waals surface area contributed by atoms with E-state index in [0.29, 0.717) is 10.7 Å². The Balaban J connectivity index is 2.74. The fraction of sp³-hybridized carbons (Fsp3) is 0.462. The number of nitrogens with one attached hydrogen (secondary N) is 2. The lowest BCUT2D eigenvalue weighted by atomic mass is 10.3. The van der Waals surface area contributed by atoms with Crippen LogP contribution < -0.4 is 10.4 Å². The minimum absolute atomic E-state index is 0.360. The highest BCUT2D eigenvalue weighted by molar-refractivity contribution is 7.52. The largest absolute Gasteiger partial charge is 0.436 e. The number of amides is 2. The Morgan fingerprint density at radius 3 is 2.24 bits per heavy atom. The van der Waals surface area contributed by atoms with Gasteiger partial charge in [-0.15, -0.1) is 0 Å². The first kappa shape index (κ1) is 18.0. The Morgan fingerprint density at radius 1 is 1.19 bits per heavy atom. The van der Waals surface area contributed by atoms with Crippen LogP contribution in [-0.2, 0) is 13.6 Å². The van der Waals surface area contributed by atoms with E-state index in [2.05, 4.69) is 10.4 Å². The number of halogens is 1. The van der Waals surface area contributed by atoms with Crippen molar-refractivity contribution in [2.75, 3.05) is 5.32 Å². The number of carbonyl (C=O) groups excluding carboxylic acids is 1. The molecule has 0 saturated carbocycles. The third-order valence-electron chi connectivity index (χ3n) is 2.02. The molecule has 0 heterocycles. The van der Waals surface area contributed by atoms with E-state index in [1.165, 1.54) is 0 Å². The Labute approximate surface area is 129 Å². The maximum atomic E-state index is 12.5. The molecule has 118 valence electrons. The highest BCUT2D eigenvalue weighted by Crippen LogP contribution is 2.46. The maximum Gasteiger partial charge on any atom is 0.436 e. The lowest BCUT2D eigenvalue weighted by Crippen LogP contribution is -2.29. The van der Waals surface area contributed by atoms with Gasteiger partial charge in [0.2, 0.25) is 0 Å². The van der Waals surface area contributed by atoms with Gasteiger partial charge >= 0.3 is 13.8 Å². The summed E-state index contributed by atoms with van der Waals surface area (Å²) in [5.74, 6) is 0. The number of rotatable bonds is 6. The Hall–Kier alpha value is -1.07. The van der Waals surface area contributed by atoms with Crippen LogP contribution in [0.3, 0.4) is 0 Å². The van der Waals surface area contributed by atoms with Crippen LogP contribution in [0.15, 0.2) is 24.3 Å². The minimum atomic E-state index is -3.73. The normalized spacial score (nSPS) is 11.8. The Morgan fingerprint density at radius 2 is 1.76 bits per heavy atom. The van der Waals surface area contributed by atoms with Crippen molar-refractivity contribution in [3.05, 3.63) is 29.3 Å². The molecule has 2 amide bonds. The average molecular weight is 335 g/mol. The molecule has 0 atom stereocenters. The maximum absolute atomic E-state index is 12.5. The highest BCUT2D eigenvalue weighted by Gasteiger charge is 2.30. The van der Waals surface area contributed by atoms with Crippen LogP contribution in [0.2, 0.25) is 5.02 Å². The summed E-state index contributed by atoms with van der Waals surface area (Å²) in [6.45, 7) is 6.81. The molecule has 1 rings (SSSR count).